The van der Waals surface area contributed by atoms with Crippen molar-refractivity contribution in [2.45, 2.75) is 39.2 Å². The van der Waals surface area contributed by atoms with Gasteiger partial charge in [-0.25, -0.2) is 14.1 Å². The molecule has 1 aliphatic rings. The molecule has 1 aromatic carbocycles. The summed E-state index contributed by atoms with van der Waals surface area (Å²) in [4.78, 5) is 18.5. The number of amides is 1. The summed E-state index contributed by atoms with van der Waals surface area (Å²) in [5.74, 6) is -0.867. The smallest absolute Gasteiger partial charge is 0.425 e. The lowest BCUT2D eigenvalue weighted by molar-refractivity contribution is -0.189. The number of hydrogen-bond donors (Lipinski definition) is 0. The van der Waals surface area contributed by atoms with Crippen LogP contribution in [0, 0.1) is 24.1 Å². The topological polar surface area (TPSA) is 84.0 Å². The van der Waals surface area contributed by atoms with Gasteiger partial charge in [-0.2, -0.15) is 23.5 Å². The van der Waals surface area contributed by atoms with E-state index in [1.54, 1.807) is 19.2 Å². The van der Waals surface area contributed by atoms with Crippen molar-refractivity contribution in [1.29, 1.82) is 5.26 Å². The van der Waals surface area contributed by atoms with Gasteiger partial charge in [-0.1, -0.05) is 0 Å². The lowest BCUT2D eigenvalue weighted by atomic mass is 10.1. The number of ether oxygens (including phenoxy) is 1. The molecule has 0 spiro atoms. The number of aryl methyl sites for hydroxylation is 1. The van der Waals surface area contributed by atoms with Crippen molar-refractivity contribution in [2.75, 3.05) is 0 Å². The fourth-order valence-electron chi connectivity index (χ4n) is 3.36. The molecule has 0 fully saturated rings. The van der Waals surface area contributed by atoms with Crippen LogP contribution in [0.3, 0.4) is 0 Å². The first-order valence-electron chi connectivity index (χ1n) is 9.83. The predicted molar refractivity (Wildman–Crippen MR) is 107 cm³/mol. The van der Waals surface area contributed by atoms with E-state index in [-0.39, 0.29) is 30.0 Å². The molecule has 3 heterocycles. The standard InChI is InChI=1S/C22H17F4N5O2/c1-12-5-20(28-8-17(12)23)31-10-15-9-30(11-18(15)29-31)21(32)16-6-14(7-27)3-4-19(16)33-13(2)22(24,25)26/h3-6,8,10,13H,9,11H2,1-2H3. The monoisotopic (exact) mass is 459 g/mol. The third-order valence-electron chi connectivity index (χ3n) is 5.24. The first-order chi connectivity index (χ1) is 15.6. The third-order valence-corrected chi connectivity index (χ3v) is 5.24. The molecule has 1 atom stereocenters. The molecular formula is C22H17F4N5O2. The molecule has 4 rings (SSSR count). The van der Waals surface area contributed by atoms with Crippen molar-refractivity contribution in [1.82, 2.24) is 19.7 Å². The van der Waals surface area contributed by atoms with Crippen LogP contribution in [-0.4, -0.2) is 37.9 Å². The lowest BCUT2D eigenvalue weighted by Crippen LogP contribution is -2.32. The highest BCUT2D eigenvalue weighted by Crippen LogP contribution is 2.31. The quantitative estimate of drug-likeness (QED) is 0.549. The Morgan fingerprint density at radius 1 is 1.27 bits per heavy atom. The number of rotatable bonds is 4. The molecule has 0 bridgehead atoms. The summed E-state index contributed by atoms with van der Waals surface area (Å²) >= 11 is 0. The van der Waals surface area contributed by atoms with E-state index < -0.39 is 24.0 Å². The van der Waals surface area contributed by atoms with E-state index >= 15 is 0 Å². The Hall–Kier alpha value is -3.94. The fraction of sp³-hybridized carbons (Fsp3) is 0.273. The number of halogens is 4. The zero-order valence-electron chi connectivity index (χ0n) is 17.5. The third kappa shape index (κ3) is 4.37. The van der Waals surface area contributed by atoms with Gasteiger partial charge in [0.05, 0.1) is 35.6 Å². The number of pyridine rings is 1. The number of fused-ring (bicyclic) bond motifs is 1. The van der Waals surface area contributed by atoms with E-state index in [1.165, 1.54) is 27.8 Å². The highest BCUT2D eigenvalue weighted by atomic mass is 19.4. The van der Waals surface area contributed by atoms with Crippen LogP contribution in [0.15, 0.2) is 36.7 Å². The van der Waals surface area contributed by atoms with Crippen LogP contribution in [0.25, 0.3) is 5.82 Å². The van der Waals surface area contributed by atoms with E-state index in [0.29, 0.717) is 17.1 Å². The van der Waals surface area contributed by atoms with E-state index in [9.17, 15) is 22.4 Å². The van der Waals surface area contributed by atoms with Crippen LogP contribution in [0.5, 0.6) is 5.75 Å². The average Bonchev–Trinajstić information content (AvgIpc) is 3.34. The molecule has 1 amide bonds. The number of nitrogens with zero attached hydrogens (tertiary/aromatic N) is 5. The maximum Gasteiger partial charge on any atom is 0.425 e. The van der Waals surface area contributed by atoms with Crippen LogP contribution in [0.4, 0.5) is 17.6 Å². The van der Waals surface area contributed by atoms with Crippen LogP contribution in [0.2, 0.25) is 0 Å². The van der Waals surface area contributed by atoms with E-state index in [0.717, 1.165) is 18.7 Å². The predicted octanol–water partition coefficient (Wildman–Crippen LogP) is 4.07. The van der Waals surface area contributed by atoms with Crippen molar-refractivity contribution in [3.8, 4) is 17.6 Å². The fourth-order valence-corrected chi connectivity index (χ4v) is 3.36. The van der Waals surface area contributed by atoms with Crippen LogP contribution in [-0.2, 0) is 13.1 Å². The molecule has 0 saturated carbocycles. The first-order valence-corrected chi connectivity index (χ1v) is 9.83. The number of carbonyl (C=O) groups excluding carboxylic acids is 1. The number of carbonyl (C=O) groups is 1. The summed E-state index contributed by atoms with van der Waals surface area (Å²) in [6, 6.07) is 7.10. The zero-order valence-corrected chi connectivity index (χ0v) is 17.5. The molecule has 1 unspecified atom stereocenters. The molecule has 2 aromatic heterocycles. The molecule has 7 nitrogen and oxygen atoms in total. The highest BCUT2D eigenvalue weighted by molar-refractivity contribution is 5.97. The van der Waals surface area contributed by atoms with Gasteiger partial charge in [0.1, 0.15) is 11.6 Å². The number of hydrogen-bond acceptors (Lipinski definition) is 5. The molecule has 170 valence electrons. The molecule has 1 aliphatic heterocycles. The van der Waals surface area contributed by atoms with E-state index in [2.05, 4.69) is 10.1 Å². The molecular weight excluding hydrogens is 442 g/mol. The number of aromatic nitrogens is 3. The van der Waals surface area contributed by atoms with Gasteiger partial charge in [0.2, 0.25) is 0 Å². The second-order valence-corrected chi connectivity index (χ2v) is 7.62. The maximum atomic E-state index is 13.5. The van der Waals surface area contributed by atoms with Crippen molar-refractivity contribution in [2.24, 2.45) is 0 Å². The van der Waals surface area contributed by atoms with Crippen molar-refractivity contribution in [3.63, 3.8) is 0 Å². The molecule has 11 heteroatoms. The summed E-state index contributed by atoms with van der Waals surface area (Å²) in [5.41, 5.74) is 1.68. The molecule has 3 aromatic rings. The highest BCUT2D eigenvalue weighted by Gasteiger charge is 2.39. The molecule has 0 N–H and O–H groups in total. The number of alkyl halides is 3. The summed E-state index contributed by atoms with van der Waals surface area (Å²) < 4.78 is 58.9. The summed E-state index contributed by atoms with van der Waals surface area (Å²) in [7, 11) is 0. The SMILES string of the molecule is Cc1cc(-n2cc3c(n2)CN(C(=O)c2cc(C#N)ccc2OC(C)C(F)(F)F)C3)ncc1F. The molecule has 0 saturated heterocycles. The van der Waals surface area contributed by atoms with Crippen molar-refractivity contribution in [3.05, 3.63) is 70.4 Å². The second kappa shape index (κ2) is 8.20. The molecule has 0 radical (unpaired) electrons. The van der Waals surface area contributed by atoms with Gasteiger partial charge in [-0.05, 0) is 43.7 Å². The van der Waals surface area contributed by atoms with Crippen LogP contribution < -0.4 is 4.74 Å². The molecule has 33 heavy (non-hydrogen) atoms. The van der Waals surface area contributed by atoms with Crippen molar-refractivity contribution >= 4 is 5.91 Å². The minimum absolute atomic E-state index is 0.104. The Morgan fingerprint density at radius 2 is 2.03 bits per heavy atom. The number of benzene rings is 1. The van der Waals surface area contributed by atoms with Crippen molar-refractivity contribution < 1.29 is 27.1 Å². The Morgan fingerprint density at radius 3 is 2.67 bits per heavy atom. The minimum Gasteiger partial charge on any atom is -0.480 e. The Labute approximate surface area is 185 Å². The largest absolute Gasteiger partial charge is 0.480 e. The number of nitriles is 1. The minimum atomic E-state index is -4.62. The van der Waals surface area contributed by atoms with Gasteiger partial charge in [0.25, 0.3) is 5.91 Å². The lowest BCUT2D eigenvalue weighted by Gasteiger charge is -2.22. The summed E-state index contributed by atoms with van der Waals surface area (Å²) in [5, 5.41) is 13.6. The Bertz CT molecular complexity index is 1260. The Kier molecular flexibility index (Phi) is 5.53. The first kappa shape index (κ1) is 22.3. The second-order valence-electron chi connectivity index (χ2n) is 7.62. The Balaban J connectivity index is 1.57. The summed E-state index contributed by atoms with van der Waals surface area (Å²) in [6.45, 7) is 2.70. The summed E-state index contributed by atoms with van der Waals surface area (Å²) in [6.07, 6.45) is -3.99. The van der Waals surface area contributed by atoms with Gasteiger partial charge in [-0.3, -0.25) is 4.79 Å². The van der Waals surface area contributed by atoms with Gasteiger partial charge in [-0.15, -0.1) is 0 Å². The van der Waals surface area contributed by atoms with Gasteiger partial charge >= 0.3 is 6.18 Å². The molecule has 0 aliphatic carbocycles. The zero-order chi connectivity index (χ0) is 23.9. The normalized spacial score (nSPS) is 14.0. The van der Waals surface area contributed by atoms with Gasteiger partial charge in [0.15, 0.2) is 11.9 Å². The van der Waals surface area contributed by atoms with Crippen LogP contribution in [0.1, 0.15) is 39.7 Å². The average molecular weight is 459 g/mol. The maximum absolute atomic E-state index is 13.5. The van der Waals surface area contributed by atoms with Crippen LogP contribution >= 0.6 is 0 Å². The van der Waals surface area contributed by atoms with Gasteiger partial charge in [0, 0.05) is 18.3 Å². The van der Waals surface area contributed by atoms with E-state index in [1.807, 2.05) is 6.07 Å². The van der Waals surface area contributed by atoms with E-state index in [4.69, 9.17) is 10.00 Å². The van der Waals surface area contributed by atoms with Gasteiger partial charge < -0.3 is 9.64 Å².